The van der Waals surface area contributed by atoms with Gasteiger partial charge >= 0.3 is 0 Å². The highest BCUT2D eigenvalue weighted by Crippen LogP contribution is 1.97. The number of hydrogen-bond acceptors (Lipinski definition) is 2. The van der Waals surface area contributed by atoms with Gasteiger partial charge in [0.05, 0.1) is 11.8 Å². The van der Waals surface area contributed by atoms with E-state index < -0.39 is 0 Å². The first-order valence-electron chi connectivity index (χ1n) is 4.25. The summed E-state index contributed by atoms with van der Waals surface area (Å²) in [5, 5.41) is 9.05. The van der Waals surface area contributed by atoms with Gasteiger partial charge in [-0.3, -0.25) is 9.89 Å². The van der Waals surface area contributed by atoms with E-state index in [0.29, 0.717) is 12.1 Å². The summed E-state index contributed by atoms with van der Waals surface area (Å²) in [7, 11) is 0. The van der Waals surface area contributed by atoms with Crippen LogP contribution in [0.15, 0.2) is 30.9 Å². The van der Waals surface area contributed by atoms with Crippen LogP contribution in [0.3, 0.4) is 0 Å². The topological polar surface area (TPSA) is 73.6 Å². The van der Waals surface area contributed by atoms with Crippen LogP contribution in [-0.4, -0.2) is 21.1 Å². The van der Waals surface area contributed by atoms with Gasteiger partial charge in [0.1, 0.15) is 0 Å². The SMILES string of the molecule is O=C(NCc1cc[nH]c1)c1cn[nH]c1. The van der Waals surface area contributed by atoms with Gasteiger partial charge in [-0.15, -0.1) is 0 Å². The average Bonchev–Trinajstić information content (AvgIpc) is 2.87. The third-order valence-electron chi connectivity index (χ3n) is 1.88. The standard InChI is InChI=1S/C9H10N4O/c14-9(8-5-12-13-6-8)11-4-7-1-2-10-3-7/h1-3,5-6,10H,4H2,(H,11,14)(H,12,13). The second kappa shape index (κ2) is 3.78. The fourth-order valence-corrected chi connectivity index (χ4v) is 1.13. The second-order valence-electron chi connectivity index (χ2n) is 2.89. The normalized spacial score (nSPS) is 10.0. The molecule has 0 aromatic carbocycles. The van der Waals surface area contributed by atoms with E-state index in [1.807, 2.05) is 18.5 Å². The number of carbonyl (C=O) groups excluding carboxylic acids is 1. The van der Waals surface area contributed by atoms with Crippen LogP contribution in [0.4, 0.5) is 0 Å². The van der Waals surface area contributed by atoms with E-state index in [0.717, 1.165) is 5.56 Å². The van der Waals surface area contributed by atoms with Crippen molar-refractivity contribution >= 4 is 5.91 Å². The molecule has 14 heavy (non-hydrogen) atoms. The zero-order valence-electron chi connectivity index (χ0n) is 7.45. The molecule has 0 unspecified atom stereocenters. The molecule has 2 heterocycles. The fourth-order valence-electron chi connectivity index (χ4n) is 1.13. The van der Waals surface area contributed by atoms with E-state index in [1.165, 1.54) is 6.20 Å². The third kappa shape index (κ3) is 1.82. The average molecular weight is 190 g/mol. The first-order chi connectivity index (χ1) is 6.86. The van der Waals surface area contributed by atoms with E-state index in [9.17, 15) is 4.79 Å². The number of carbonyl (C=O) groups is 1. The first kappa shape index (κ1) is 8.55. The van der Waals surface area contributed by atoms with Gasteiger partial charge in [0.25, 0.3) is 5.91 Å². The van der Waals surface area contributed by atoms with Crippen LogP contribution in [0.1, 0.15) is 15.9 Å². The minimum Gasteiger partial charge on any atom is -0.367 e. The first-order valence-corrected chi connectivity index (χ1v) is 4.25. The Morgan fingerprint density at radius 1 is 1.50 bits per heavy atom. The molecule has 5 heteroatoms. The van der Waals surface area contributed by atoms with E-state index in [-0.39, 0.29) is 5.91 Å². The molecule has 2 aromatic heterocycles. The van der Waals surface area contributed by atoms with Crippen molar-refractivity contribution in [2.24, 2.45) is 0 Å². The Kier molecular flexibility index (Phi) is 2.31. The molecule has 0 spiro atoms. The highest BCUT2D eigenvalue weighted by molar-refractivity contribution is 5.93. The van der Waals surface area contributed by atoms with Gasteiger partial charge in [0.2, 0.25) is 0 Å². The molecule has 2 rings (SSSR count). The lowest BCUT2D eigenvalue weighted by Gasteiger charge is -2.00. The Balaban J connectivity index is 1.90. The van der Waals surface area contributed by atoms with Crippen molar-refractivity contribution in [3.63, 3.8) is 0 Å². The smallest absolute Gasteiger partial charge is 0.254 e. The Labute approximate surface area is 80.5 Å². The van der Waals surface area contributed by atoms with Crippen molar-refractivity contribution in [2.45, 2.75) is 6.54 Å². The summed E-state index contributed by atoms with van der Waals surface area (Å²) in [5.41, 5.74) is 1.59. The summed E-state index contributed by atoms with van der Waals surface area (Å²) >= 11 is 0. The van der Waals surface area contributed by atoms with Crippen LogP contribution in [0, 0.1) is 0 Å². The molecule has 0 saturated heterocycles. The minimum absolute atomic E-state index is 0.125. The van der Waals surface area contributed by atoms with E-state index in [1.54, 1.807) is 6.20 Å². The van der Waals surface area contributed by atoms with Gasteiger partial charge in [-0.05, 0) is 11.6 Å². The summed E-state index contributed by atoms with van der Waals surface area (Å²) in [5.74, 6) is -0.125. The molecule has 1 amide bonds. The quantitative estimate of drug-likeness (QED) is 0.665. The fraction of sp³-hybridized carbons (Fsp3) is 0.111. The zero-order valence-corrected chi connectivity index (χ0v) is 7.45. The molecule has 0 saturated carbocycles. The van der Waals surface area contributed by atoms with Crippen LogP contribution in [0.25, 0.3) is 0 Å². The van der Waals surface area contributed by atoms with Crippen molar-refractivity contribution in [1.82, 2.24) is 20.5 Å². The van der Waals surface area contributed by atoms with Crippen LogP contribution in [-0.2, 0) is 6.54 Å². The molecule has 3 N–H and O–H groups in total. The molecule has 0 atom stereocenters. The molecule has 0 radical (unpaired) electrons. The number of H-pyrrole nitrogens is 2. The van der Waals surface area contributed by atoms with Crippen molar-refractivity contribution < 1.29 is 4.79 Å². The summed E-state index contributed by atoms with van der Waals surface area (Å²) < 4.78 is 0. The zero-order chi connectivity index (χ0) is 9.80. The van der Waals surface area contributed by atoms with E-state index in [2.05, 4.69) is 20.5 Å². The molecule has 2 aromatic rings. The van der Waals surface area contributed by atoms with E-state index >= 15 is 0 Å². The van der Waals surface area contributed by atoms with Gasteiger partial charge in [-0.1, -0.05) is 0 Å². The van der Waals surface area contributed by atoms with Gasteiger partial charge in [0, 0.05) is 25.1 Å². The predicted molar refractivity (Wildman–Crippen MR) is 50.6 cm³/mol. The minimum atomic E-state index is -0.125. The number of rotatable bonds is 3. The molecular weight excluding hydrogens is 180 g/mol. The second-order valence-corrected chi connectivity index (χ2v) is 2.89. The number of aromatic nitrogens is 3. The number of amides is 1. The third-order valence-corrected chi connectivity index (χ3v) is 1.88. The molecule has 0 aliphatic heterocycles. The summed E-state index contributed by atoms with van der Waals surface area (Å²) in [4.78, 5) is 14.3. The monoisotopic (exact) mass is 190 g/mol. The largest absolute Gasteiger partial charge is 0.367 e. The molecule has 72 valence electrons. The number of aromatic amines is 2. The Hall–Kier alpha value is -2.04. The predicted octanol–water partition coefficient (Wildman–Crippen LogP) is 0.668. The van der Waals surface area contributed by atoms with Gasteiger partial charge in [-0.25, -0.2) is 0 Å². The van der Waals surface area contributed by atoms with Gasteiger partial charge in [-0.2, -0.15) is 5.10 Å². The van der Waals surface area contributed by atoms with Crippen LogP contribution >= 0.6 is 0 Å². The molecule has 0 aliphatic carbocycles. The molecule has 0 aliphatic rings. The summed E-state index contributed by atoms with van der Waals surface area (Å²) in [6, 6.07) is 1.91. The summed E-state index contributed by atoms with van der Waals surface area (Å²) in [6.45, 7) is 0.521. The Morgan fingerprint density at radius 2 is 2.43 bits per heavy atom. The lowest BCUT2D eigenvalue weighted by molar-refractivity contribution is 0.0951. The molecule has 0 bridgehead atoms. The van der Waals surface area contributed by atoms with Crippen molar-refractivity contribution in [1.29, 1.82) is 0 Å². The Bertz CT molecular complexity index is 390. The molecular formula is C9H10N4O. The summed E-state index contributed by atoms with van der Waals surface area (Å²) in [6.07, 6.45) is 6.72. The lowest BCUT2D eigenvalue weighted by atomic mass is 10.3. The van der Waals surface area contributed by atoms with Gasteiger partial charge in [0.15, 0.2) is 0 Å². The molecule has 5 nitrogen and oxygen atoms in total. The maximum absolute atomic E-state index is 11.4. The maximum atomic E-state index is 11.4. The molecule has 0 fully saturated rings. The van der Waals surface area contributed by atoms with Crippen LogP contribution in [0.5, 0.6) is 0 Å². The van der Waals surface area contributed by atoms with Crippen molar-refractivity contribution in [3.05, 3.63) is 42.0 Å². The lowest BCUT2D eigenvalue weighted by Crippen LogP contribution is -2.21. The van der Waals surface area contributed by atoms with Crippen LogP contribution < -0.4 is 5.32 Å². The van der Waals surface area contributed by atoms with Crippen molar-refractivity contribution in [3.8, 4) is 0 Å². The highest BCUT2D eigenvalue weighted by Gasteiger charge is 2.05. The maximum Gasteiger partial charge on any atom is 0.254 e. The highest BCUT2D eigenvalue weighted by atomic mass is 16.1. The number of hydrogen-bond donors (Lipinski definition) is 3. The van der Waals surface area contributed by atoms with Crippen LogP contribution in [0.2, 0.25) is 0 Å². The van der Waals surface area contributed by atoms with Gasteiger partial charge < -0.3 is 10.3 Å². The number of nitrogens with one attached hydrogen (secondary N) is 3. The van der Waals surface area contributed by atoms with E-state index in [4.69, 9.17) is 0 Å². The van der Waals surface area contributed by atoms with Crippen molar-refractivity contribution in [2.75, 3.05) is 0 Å². The Morgan fingerprint density at radius 3 is 3.07 bits per heavy atom. The number of nitrogens with zero attached hydrogens (tertiary/aromatic N) is 1.